The number of H-pyrrole nitrogens is 1. The van der Waals surface area contributed by atoms with E-state index >= 15 is 0 Å². The number of aromatic amines is 1. The molecule has 0 aliphatic rings. The number of nitrogen functional groups attached to an aromatic ring is 1. The summed E-state index contributed by atoms with van der Waals surface area (Å²) < 4.78 is 24.4. The minimum Gasteiger partial charge on any atom is -0.399 e. The highest BCUT2D eigenvalue weighted by Crippen LogP contribution is 2.16. The summed E-state index contributed by atoms with van der Waals surface area (Å²) >= 11 is 0. The quantitative estimate of drug-likeness (QED) is 0.691. The van der Waals surface area contributed by atoms with Crippen molar-refractivity contribution in [2.45, 2.75) is 0 Å². The van der Waals surface area contributed by atoms with Crippen LogP contribution in [0.5, 0.6) is 0 Å². The fraction of sp³-hybridized carbons (Fsp3) is 0.364. The molecular weight excluding hydrogens is 266 g/mol. The highest BCUT2D eigenvalue weighted by atomic mass is 32.2. The molecule has 2 aromatic rings. The van der Waals surface area contributed by atoms with Crippen LogP contribution in [0.2, 0.25) is 0 Å². The van der Waals surface area contributed by atoms with Gasteiger partial charge in [-0.3, -0.25) is 0 Å². The molecule has 7 nitrogen and oxygen atoms in total. The van der Waals surface area contributed by atoms with Gasteiger partial charge in [-0.15, -0.1) is 0 Å². The molecule has 0 fully saturated rings. The van der Waals surface area contributed by atoms with Gasteiger partial charge < -0.3 is 16.0 Å². The van der Waals surface area contributed by atoms with Gasteiger partial charge >= 0.3 is 0 Å². The van der Waals surface area contributed by atoms with E-state index in [9.17, 15) is 8.42 Å². The number of imidazole rings is 1. The largest absolute Gasteiger partial charge is 0.399 e. The first-order valence-corrected chi connectivity index (χ1v) is 7.39. The molecule has 8 heteroatoms. The number of rotatable bonds is 5. The molecule has 0 atom stereocenters. The van der Waals surface area contributed by atoms with Crippen LogP contribution in [0.4, 0.5) is 11.6 Å². The van der Waals surface area contributed by atoms with Crippen molar-refractivity contribution in [2.24, 2.45) is 0 Å². The van der Waals surface area contributed by atoms with Crippen molar-refractivity contribution in [3.05, 3.63) is 18.2 Å². The molecule has 1 heterocycles. The van der Waals surface area contributed by atoms with E-state index in [0.717, 1.165) is 11.0 Å². The maximum Gasteiger partial charge on any atom is 0.215 e. The highest BCUT2D eigenvalue weighted by Gasteiger charge is 2.13. The summed E-state index contributed by atoms with van der Waals surface area (Å²) in [5, 5.41) is 2.95. The monoisotopic (exact) mass is 283 g/mol. The van der Waals surface area contributed by atoms with Gasteiger partial charge in [0.05, 0.1) is 16.8 Å². The van der Waals surface area contributed by atoms with Crippen molar-refractivity contribution in [3.63, 3.8) is 0 Å². The third-order valence-electron chi connectivity index (χ3n) is 2.71. The van der Waals surface area contributed by atoms with Crippen LogP contribution in [-0.2, 0) is 10.0 Å². The van der Waals surface area contributed by atoms with Gasteiger partial charge in [-0.1, -0.05) is 0 Å². The van der Waals surface area contributed by atoms with Crippen molar-refractivity contribution in [2.75, 3.05) is 37.4 Å². The van der Waals surface area contributed by atoms with Crippen LogP contribution < -0.4 is 11.1 Å². The van der Waals surface area contributed by atoms with Crippen LogP contribution in [0.1, 0.15) is 0 Å². The SMILES string of the molecule is CN(C)S(=O)(=O)CCNc1nc2ccc(N)cc2[nH]1. The molecule has 0 aliphatic heterocycles. The van der Waals surface area contributed by atoms with Crippen LogP contribution in [0.25, 0.3) is 11.0 Å². The average molecular weight is 283 g/mol. The molecule has 0 saturated carbocycles. The fourth-order valence-corrected chi connectivity index (χ4v) is 2.32. The zero-order valence-corrected chi connectivity index (χ0v) is 11.7. The van der Waals surface area contributed by atoms with Gasteiger partial charge in [0.2, 0.25) is 16.0 Å². The lowest BCUT2D eigenvalue weighted by atomic mass is 10.3. The van der Waals surface area contributed by atoms with Crippen molar-refractivity contribution in [3.8, 4) is 0 Å². The maximum atomic E-state index is 11.6. The number of nitrogens with zero attached hydrogens (tertiary/aromatic N) is 2. The second-order valence-electron chi connectivity index (χ2n) is 4.39. The maximum absolute atomic E-state index is 11.6. The second-order valence-corrected chi connectivity index (χ2v) is 6.69. The van der Waals surface area contributed by atoms with Crippen molar-refractivity contribution in [1.29, 1.82) is 0 Å². The predicted octanol–water partition coefficient (Wildman–Crippen LogP) is 0.448. The van der Waals surface area contributed by atoms with E-state index in [1.165, 1.54) is 18.4 Å². The molecule has 0 spiro atoms. The van der Waals surface area contributed by atoms with Gasteiger partial charge in [0, 0.05) is 26.3 Å². The number of nitrogens with two attached hydrogens (primary N) is 1. The molecule has 0 saturated heterocycles. The zero-order chi connectivity index (χ0) is 14.0. The first-order valence-electron chi connectivity index (χ1n) is 5.78. The molecule has 1 aromatic carbocycles. The van der Waals surface area contributed by atoms with Gasteiger partial charge in [-0.25, -0.2) is 17.7 Å². The van der Waals surface area contributed by atoms with Gasteiger partial charge in [0.15, 0.2) is 0 Å². The molecule has 0 radical (unpaired) electrons. The molecule has 4 N–H and O–H groups in total. The van der Waals surface area contributed by atoms with Crippen molar-refractivity contribution in [1.82, 2.24) is 14.3 Å². The Labute approximate surface area is 111 Å². The Kier molecular flexibility index (Phi) is 3.63. The van der Waals surface area contributed by atoms with Crippen LogP contribution >= 0.6 is 0 Å². The highest BCUT2D eigenvalue weighted by molar-refractivity contribution is 7.89. The van der Waals surface area contributed by atoms with Crippen LogP contribution in [0, 0.1) is 0 Å². The summed E-state index contributed by atoms with van der Waals surface area (Å²) in [6.07, 6.45) is 0. The zero-order valence-electron chi connectivity index (χ0n) is 10.8. The number of hydrogen-bond donors (Lipinski definition) is 3. The Balaban J connectivity index is 2.03. The Morgan fingerprint density at radius 3 is 2.84 bits per heavy atom. The Hall–Kier alpha value is -1.80. The molecular formula is C11H17N5O2S. The lowest BCUT2D eigenvalue weighted by molar-refractivity contribution is 0.521. The van der Waals surface area contributed by atoms with Crippen molar-refractivity contribution >= 4 is 32.7 Å². The van der Waals surface area contributed by atoms with E-state index in [4.69, 9.17) is 5.73 Å². The number of benzene rings is 1. The van der Waals surface area contributed by atoms with Gasteiger partial charge in [-0.2, -0.15) is 0 Å². The molecule has 2 rings (SSSR count). The summed E-state index contributed by atoms with van der Waals surface area (Å²) in [4.78, 5) is 7.33. The van der Waals surface area contributed by atoms with E-state index in [0.29, 0.717) is 11.6 Å². The van der Waals surface area contributed by atoms with E-state index in [1.807, 2.05) is 6.07 Å². The molecule has 0 unspecified atom stereocenters. The number of anilines is 2. The van der Waals surface area contributed by atoms with Crippen molar-refractivity contribution < 1.29 is 8.42 Å². The number of sulfonamides is 1. The smallest absolute Gasteiger partial charge is 0.215 e. The minimum atomic E-state index is -3.20. The standard InChI is InChI=1S/C11H17N5O2S/c1-16(2)19(17,18)6-5-13-11-14-9-4-3-8(12)7-10(9)15-11/h3-4,7H,5-6,12H2,1-2H3,(H2,13,14,15). The Bertz CT molecular complexity index is 677. The Morgan fingerprint density at radius 1 is 1.42 bits per heavy atom. The van der Waals surface area contributed by atoms with E-state index in [1.54, 1.807) is 12.1 Å². The number of nitrogens with one attached hydrogen (secondary N) is 2. The molecule has 0 amide bonds. The van der Waals surface area contributed by atoms with E-state index in [-0.39, 0.29) is 12.3 Å². The predicted molar refractivity (Wildman–Crippen MR) is 76.5 cm³/mol. The third-order valence-corrected chi connectivity index (χ3v) is 4.55. The third kappa shape index (κ3) is 3.15. The lowest BCUT2D eigenvalue weighted by Crippen LogP contribution is -2.28. The van der Waals surface area contributed by atoms with Crippen LogP contribution in [-0.4, -0.2) is 49.1 Å². The molecule has 0 aliphatic carbocycles. The van der Waals surface area contributed by atoms with Gasteiger partial charge in [0.1, 0.15) is 0 Å². The number of hydrogen-bond acceptors (Lipinski definition) is 5. The van der Waals surface area contributed by atoms with Gasteiger partial charge in [-0.05, 0) is 18.2 Å². The van der Waals surface area contributed by atoms with Crippen LogP contribution in [0.3, 0.4) is 0 Å². The first kappa shape index (κ1) is 13.6. The summed E-state index contributed by atoms with van der Waals surface area (Å²) in [5.74, 6) is 0.550. The molecule has 19 heavy (non-hydrogen) atoms. The Morgan fingerprint density at radius 2 is 2.16 bits per heavy atom. The summed E-state index contributed by atoms with van der Waals surface area (Å²) in [7, 11) is -0.170. The van der Waals surface area contributed by atoms with E-state index < -0.39 is 10.0 Å². The van der Waals surface area contributed by atoms with E-state index in [2.05, 4.69) is 15.3 Å². The number of fused-ring (bicyclic) bond motifs is 1. The second kappa shape index (κ2) is 5.06. The lowest BCUT2D eigenvalue weighted by Gasteiger charge is -2.10. The van der Waals surface area contributed by atoms with Gasteiger partial charge in [0.25, 0.3) is 0 Å². The molecule has 104 valence electrons. The fourth-order valence-electron chi connectivity index (χ4n) is 1.59. The summed E-state index contributed by atoms with van der Waals surface area (Å²) in [6.45, 7) is 0.288. The minimum absolute atomic E-state index is 0.0131. The molecule has 1 aromatic heterocycles. The average Bonchev–Trinajstić information content (AvgIpc) is 2.70. The number of aromatic nitrogens is 2. The first-order chi connectivity index (χ1) is 8.88. The summed E-state index contributed by atoms with van der Waals surface area (Å²) in [6, 6.07) is 5.36. The topological polar surface area (TPSA) is 104 Å². The normalized spacial score (nSPS) is 12.2. The molecule has 0 bridgehead atoms. The summed E-state index contributed by atoms with van der Waals surface area (Å²) in [5.41, 5.74) is 7.92. The van der Waals surface area contributed by atoms with Crippen LogP contribution in [0.15, 0.2) is 18.2 Å².